The zero-order valence-electron chi connectivity index (χ0n) is 7.25. The van der Waals surface area contributed by atoms with E-state index in [1.807, 2.05) is 0 Å². The summed E-state index contributed by atoms with van der Waals surface area (Å²) in [5.41, 5.74) is 1.24. The smallest absolute Gasteiger partial charge is 0.155 e. The first-order valence-corrected chi connectivity index (χ1v) is 5.89. The Morgan fingerprint density at radius 3 is 3.31 bits per heavy atom. The van der Waals surface area contributed by atoms with E-state index in [4.69, 9.17) is 11.6 Å². The quantitative estimate of drug-likeness (QED) is 0.692. The molecule has 13 heavy (non-hydrogen) atoms. The van der Waals surface area contributed by atoms with Gasteiger partial charge in [-0.05, 0) is 36.3 Å². The van der Waals surface area contributed by atoms with E-state index in [-0.39, 0.29) is 17.6 Å². The van der Waals surface area contributed by atoms with Crippen LogP contribution in [0.4, 0.5) is 0 Å². The van der Waals surface area contributed by atoms with Gasteiger partial charge >= 0.3 is 0 Å². The third-order valence-electron chi connectivity index (χ3n) is 2.57. The van der Waals surface area contributed by atoms with Crippen molar-refractivity contribution in [3.8, 4) is 0 Å². The van der Waals surface area contributed by atoms with Gasteiger partial charge in [-0.3, -0.25) is 4.79 Å². The standard InChI is InChI=1S/C10H11ClOS/c11-6-9(12)7-2-1-3-10-8(7)4-5-13-10/h4-5,7H,1-3,6H2. The minimum absolute atomic E-state index is 0.0903. The first-order valence-electron chi connectivity index (χ1n) is 4.48. The lowest BCUT2D eigenvalue weighted by Gasteiger charge is -2.20. The molecule has 0 saturated carbocycles. The van der Waals surface area contributed by atoms with Gasteiger partial charge in [-0.15, -0.1) is 22.9 Å². The second kappa shape index (κ2) is 3.81. The summed E-state index contributed by atoms with van der Waals surface area (Å²) in [6, 6.07) is 2.08. The highest BCUT2D eigenvalue weighted by atomic mass is 35.5. The maximum atomic E-state index is 11.5. The van der Waals surface area contributed by atoms with Crippen molar-refractivity contribution in [2.24, 2.45) is 0 Å². The Bertz CT molecular complexity index is 318. The summed E-state index contributed by atoms with van der Waals surface area (Å²) >= 11 is 7.33. The number of fused-ring (bicyclic) bond motifs is 1. The highest BCUT2D eigenvalue weighted by Crippen LogP contribution is 2.35. The topological polar surface area (TPSA) is 17.1 Å². The predicted octanol–water partition coefficient (Wildman–Crippen LogP) is 2.98. The minimum atomic E-state index is 0.0903. The van der Waals surface area contributed by atoms with E-state index in [1.54, 1.807) is 11.3 Å². The Labute approximate surface area is 86.7 Å². The van der Waals surface area contributed by atoms with Gasteiger partial charge in [0, 0.05) is 10.8 Å². The number of Topliss-reactive ketones (excluding diaryl/α,β-unsaturated/α-hetero) is 1. The maximum absolute atomic E-state index is 11.5. The van der Waals surface area contributed by atoms with Crippen LogP contribution in [-0.2, 0) is 11.2 Å². The summed E-state index contributed by atoms with van der Waals surface area (Å²) in [7, 11) is 0. The zero-order valence-corrected chi connectivity index (χ0v) is 8.83. The fraction of sp³-hybridized carbons (Fsp3) is 0.500. The number of carbonyl (C=O) groups is 1. The summed E-state index contributed by atoms with van der Waals surface area (Å²) in [4.78, 5) is 12.9. The van der Waals surface area contributed by atoms with Crippen molar-refractivity contribution in [1.29, 1.82) is 0 Å². The second-order valence-electron chi connectivity index (χ2n) is 3.34. The van der Waals surface area contributed by atoms with Crippen LogP contribution in [0.3, 0.4) is 0 Å². The van der Waals surface area contributed by atoms with Crippen LogP contribution in [0.2, 0.25) is 0 Å². The second-order valence-corrected chi connectivity index (χ2v) is 4.61. The van der Waals surface area contributed by atoms with Gasteiger partial charge in [0.1, 0.15) is 0 Å². The fourth-order valence-corrected chi connectivity index (χ4v) is 3.09. The van der Waals surface area contributed by atoms with Crippen LogP contribution in [0.15, 0.2) is 11.4 Å². The number of thiophene rings is 1. The Morgan fingerprint density at radius 2 is 2.54 bits per heavy atom. The molecular formula is C10H11ClOS. The minimum Gasteiger partial charge on any atom is -0.298 e. The number of halogens is 1. The van der Waals surface area contributed by atoms with Gasteiger partial charge < -0.3 is 0 Å². The summed E-state index contributed by atoms with van der Waals surface area (Å²) in [6.07, 6.45) is 3.25. The summed E-state index contributed by atoms with van der Waals surface area (Å²) < 4.78 is 0. The molecule has 0 saturated heterocycles. The van der Waals surface area contributed by atoms with Crippen molar-refractivity contribution in [2.45, 2.75) is 25.2 Å². The monoisotopic (exact) mass is 214 g/mol. The first-order chi connectivity index (χ1) is 6.33. The van der Waals surface area contributed by atoms with E-state index < -0.39 is 0 Å². The van der Waals surface area contributed by atoms with Crippen LogP contribution < -0.4 is 0 Å². The van der Waals surface area contributed by atoms with Crippen molar-refractivity contribution in [3.05, 3.63) is 21.9 Å². The third kappa shape index (κ3) is 1.65. The van der Waals surface area contributed by atoms with Gasteiger partial charge in [-0.2, -0.15) is 0 Å². The molecule has 0 bridgehead atoms. The van der Waals surface area contributed by atoms with E-state index in [0.717, 1.165) is 19.3 Å². The fourth-order valence-electron chi connectivity index (χ4n) is 1.91. The molecule has 1 aliphatic rings. The highest BCUT2D eigenvalue weighted by Gasteiger charge is 2.26. The number of ketones is 1. The van der Waals surface area contributed by atoms with Crippen LogP contribution in [0.1, 0.15) is 29.2 Å². The molecule has 1 aromatic rings. The van der Waals surface area contributed by atoms with Crippen LogP contribution in [0.5, 0.6) is 0 Å². The van der Waals surface area contributed by atoms with Crippen LogP contribution >= 0.6 is 22.9 Å². The van der Waals surface area contributed by atoms with Crippen molar-refractivity contribution in [3.63, 3.8) is 0 Å². The Kier molecular flexibility index (Phi) is 2.70. The number of hydrogen-bond acceptors (Lipinski definition) is 2. The molecule has 0 aliphatic heterocycles. The average Bonchev–Trinajstić information content (AvgIpc) is 2.63. The molecule has 1 heterocycles. The van der Waals surface area contributed by atoms with Gasteiger partial charge in [0.05, 0.1) is 5.88 Å². The summed E-state index contributed by atoms with van der Waals surface area (Å²) in [6.45, 7) is 0. The Morgan fingerprint density at radius 1 is 1.69 bits per heavy atom. The molecule has 1 atom stereocenters. The predicted molar refractivity (Wildman–Crippen MR) is 55.7 cm³/mol. The molecule has 1 nitrogen and oxygen atoms in total. The molecule has 0 aromatic carbocycles. The molecule has 1 aliphatic carbocycles. The van der Waals surface area contributed by atoms with E-state index in [1.165, 1.54) is 10.4 Å². The molecule has 0 spiro atoms. The lowest BCUT2D eigenvalue weighted by Crippen LogP contribution is -2.17. The molecule has 2 rings (SSSR count). The van der Waals surface area contributed by atoms with Crippen molar-refractivity contribution >= 4 is 28.7 Å². The van der Waals surface area contributed by atoms with E-state index in [0.29, 0.717) is 0 Å². The lowest BCUT2D eigenvalue weighted by molar-refractivity contribution is -0.118. The summed E-state index contributed by atoms with van der Waals surface area (Å²) in [5, 5.41) is 2.07. The van der Waals surface area contributed by atoms with Gasteiger partial charge in [0.2, 0.25) is 0 Å². The van der Waals surface area contributed by atoms with Crippen molar-refractivity contribution < 1.29 is 4.79 Å². The highest BCUT2D eigenvalue weighted by molar-refractivity contribution is 7.10. The van der Waals surface area contributed by atoms with Crippen LogP contribution in [-0.4, -0.2) is 11.7 Å². The average molecular weight is 215 g/mol. The van der Waals surface area contributed by atoms with Crippen molar-refractivity contribution in [1.82, 2.24) is 0 Å². The Balaban J connectivity index is 2.30. The normalized spacial score (nSPS) is 21.2. The molecular weight excluding hydrogens is 204 g/mol. The molecule has 0 amide bonds. The molecule has 1 aromatic heterocycles. The van der Waals surface area contributed by atoms with Gasteiger partial charge in [0.15, 0.2) is 5.78 Å². The Hall–Kier alpha value is -0.340. The van der Waals surface area contributed by atoms with Crippen molar-refractivity contribution in [2.75, 3.05) is 5.88 Å². The van der Waals surface area contributed by atoms with E-state index in [9.17, 15) is 4.79 Å². The van der Waals surface area contributed by atoms with Crippen LogP contribution in [0, 0.1) is 0 Å². The SMILES string of the molecule is O=C(CCl)C1CCCc2sccc21. The van der Waals surface area contributed by atoms with E-state index >= 15 is 0 Å². The summed E-state index contributed by atoms with van der Waals surface area (Å²) in [5.74, 6) is 0.425. The molecule has 3 heteroatoms. The maximum Gasteiger partial charge on any atom is 0.155 e. The van der Waals surface area contributed by atoms with Gasteiger partial charge in [0.25, 0.3) is 0 Å². The number of rotatable bonds is 2. The first kappa shape index (κ1) is 9.22. The number of alkyl halides is 1. The zero-order chi connectivity index (χ0) is 9.26. The van der Waals surface area contributed by atoms with Gasteiger partial charge in [-0.1, -0.05) is 0 Å². The third-order valence-corrected chi connectivity index (χ3v) is 3.83. The lowest BCUT2D eigenvalue weighted by atomic mass is 9.85. The van der Waals surface area contributed by atoms with Gasteiger partial charge in [-0.25, -0.2) is 0 Å². The molecule has 0 fully saturated rings. The molecule has 0 N–H and O–H groups in total. The molecule has 1 unspecified atom stereocenters. The number of carbonyl (C=O) groups excluding carboxylic acids is 1. The largest absolute Gasteiger partial charge is 0.298 e. The molecule has 70 valence electrons. The number of hydrogen-bond donors (Lipinski definition) is 0. The van der Waals surface area contributed by atoms with E-state index in [2.05, 4.69) is 11.4 Å². The van der Waals surface area contributed by atoms with Crippen LogP contribution in [0.25, 0.3) is 0 Å². The molecule has 0 radical (unpaired) electrons. The number of aryl methyl sites for hydroxylation is 1.